The van der Waals surface area contributed by atoms with Crippen LogP contribution in [0, 0.1) is 0 Å². The number of quaternary nitrogens is 1. The lowest BCUT2D eigenvalue weighted by atomic mass is 10.0. The van der Waals surface area contributed by atoms with Gasteiger partial charge in [0.25, 0.3) is 0 Å². The summed E-state index contributed by atoms with van der Waals surface area (Å²) in [6.07, 6.45) is 64.0. The first-order valence-electron chi connectivity index (χ1n) is 29.4. The smallest absolute Gasteiger partial charge is 0.306 e. The highest BCUT2D eigenvalue weighted by Crippen LogP contribution is 2.16. The number of hydrogen-bond donors (Lipinski definition) is 0. The fourth-order valence-corrected chi connectivity index (χ4v) is 8.16. The van der Waals surface area contributed by atoms with Crippen molar-refractivity contribution in [3.63, 3.8) is 0 Å². The van der Waals surface area contributed by atoms with Gasteiger partial charge >= 0.3 is 11.9 Å². The number of carbonyl (C=O) groups is 3. The Morgan fingerprint density at radius 1 is 0.423 bits per heavy atom. The second-order valence-corrected chi connectivity index (χ2v) is 20.9. The highest BCUT2D eigenvalue weighted by Gasteiger charge is 2.22. The minimum absolute atomic E-state index is 0.145. The average Bonchev–Trinajstić information content (AvgIpc) is 3.34. The number of hydrogen-bond acceptors (Lipinski definition) is 8. The Morgan fingerprint density at radius 2 is 0.761 bits per heavy atom. The zero-order valence-corrected chi connectivity index (χ0v) is 46.8. The maximum Gasteiger partial charge on any atom is 0.306 e. The molecule has 71 heavy (non-hydrogen) atoms. The van der Waals surface area contributed by atoms with Gasteiger partial charge in [-0.3, -0.25) is 9.59 Å². The second-order valence-electron chi connectivity index (χ2n) is 20.9. The number of carbonyl (C=O) groups excluding carboxylic acids is 3. The molecule has 0 aromatic rings. The van der Waals surface area contributed by atoms with Crippen LogP contribution >= 0.6 is 0 Å². The highest BCUT2D eigenvalue weighted by atomic mass is 16.7. The number of carboxylic acids is 1. The lowest BCUT2D eigenvalue weighted by molar-refractivity contribution is -0.870. The van der Waals surface area contributed by atoms with E-state index in [4.69, 9.17) is 18.9 Å². The number of carboxylic acid groups (broad SMARTS) is 1. The first kappa shape index (κ1) is 68.0. The standard InChI is InChI=1S/C62H111NO8/c1-6-8-10-12-14-16-18-20-22-24-26-27-28-29-30-31-32-33-35-37-39-41-43-45-47-49-51-53-60(65)71-58(57-70-62(61(66)67)68-55-54-63(3,4)5)56-69-59(64)52-50-48-46-44-42-40-38-36-34-25-23-21-19-17-15-13-11-9-7-2/h15,17-18,20-21,23-24,26,28-29,58,62H,6-14,16,19,22,25,27,30-57H2,1-5H3/b17-15-,20-18-,23-21-,26-24-,29-28-. The molecule has 0 aliphatic carbocycles. The molecular weight excluding hydrogens is 887 g/mol. The Morgan fingerprint density at radius 3 is 1.15 bits per heavy atom. The molecule has 0 heterocycles. The molecule has 0 radical (unpaired) electrons. The van der Waals surface area contributed by atoms with Crippen molar-refractivity contribution in [1.82, 2.24) is 0 Å². The van der Waals surface area contributed by atoms with Crippen molar-refractivity contribution in [3.05, 3.63) is 60.8 Å². The molecule has 2 unspecified atom stereocenters. The summed E-state index contributed by atoms with van der Waals surface area (Å²) >= 11 is 0. The maximum atomic E-state index is 12.9. The Balaban J connectivity index is 4.23. The predicted octanol–water partition coefficient (Wildman–Crippen LogP) is 15.9. The molecule has 0 rings (SSSR count). The number of aliphatic carboxylic acids is 1. The molecule has 0 aromatic heterocycles. The highest BCUT2D eigenvalue weighted by molar-refractivity contribution is 5.70. The minimum Gasteiger partial charge on any atom is -0.545 e. The first-order valence-corrected chi connectivity index (χ1v) is 29.4. The normalized spacial score (nSPS) is 13.2. The van der Waals surface area contributed by atoms with Crippen LogP contribution in [0.2, 0.25) is 0 Å². The Hall–Kier alpha value is -3.01. The van der Waals surface area contributed by atoms with Gasteiger partial charge in [0.1, 0.15) is 13.2 Å². The molecule has 412 valence electrons. The van der Waals surface area contributed by atoms with E-state index < -0.39 is 24.3 Å². The van der Waals surface area contributed by atoms with Gasteiger partial charge in [-0.2, -0.15) is 0 Å². The van der Waals surface area contributed by atoms with Crippen molar-refractivity contribution in [3.8, 4) is 0 Å². The number of unbranched alkanes of at least 4 members (excludes halogenated alkanes) is 29. The zero-order chi connectivity index (χ0) is 52.0. The Labute approximate surface area is 437 Å². The van der Waals surface area contributed by atoms with Gasteiger partial charge in [-0.25, -0.2) is 0 Å². The van der Waals surface area contributed by atoms with Gasteiger partial charge in [-0.1, -0.05) is 222 Å². The third-order valence-corrected chi connectivity index (χ3v) is 12.7. The summed E-state index contributed by atoms with van der Waals surface area (Å²) in [5.74, 6) is -2.29. The van der Waals surface area contributed by atoms with Gasteiger partial charge < -0.3 is 33.3 Å². The fraction of sp³-hybridized carbons (Fsp3) is 0.790. The average molecular weight is 999 g/mol. The van der Waals surface area contributed by atoms with Crippen molar-refractivity contribution in [2.24, 2.45) is 0 Å². The molecule has 0 aromatic carbocycles. The van der Waals surface area contributed by atoms with E-state index in [1.54, 1.807) is 0 Å². The molecule has 0 aliphatic heterocycles. The van der Waals surface area contributed by atoms with Gasteiger partial charge in [0.2, 0.25) is 0 Å². The minimum atomic E-state index is -1.62. The van der Waals surface area contributed by atoms with Gasteiger partial charge in [0.05, 0.1) is 40.3 Å². The molecule has 0 N–H and O–H groups in total. The largest absolute Gasteiger partial charge is 0.545 e. The van der Waals surface area contributed by atoms with Crippen LogP contribution in [0.15, 0.2) is 60.8 Å². The summed E-state index contributed by atoms with van der Waals surface area (Å²) in [7, 11) is 5.92. The number of esters is 2. The summed E-state index contributed by atoms with van der Waals surface area (Å²) in [6.45, 7) is 4.72. The number of nitrogens with zero attached hydrogens (tertiary/aromatic N) is 1. The van der Waals surface area contributed by atoms with E-state index in [2.05, 4.69) is 74.6 Å². The molecule has 0 amide bonds. The third kappa shape index (κ3) is 54.6. The van der Waals surface area contributed by atoms with Crippen molar-refractivity contribution in [2.75, 3.05) is 47.5 Å². The van der Waals surface area contributed by atoms with E-state index in [1.165, 1.54) is 167 Å². The molecule has 0 fully saturated rings. The van der Waals surface area contributed by atoms with Crippen LogP contribution in [0.4, 0.5) is 0 Å². The quantitative estimate of drug-likeness (QED) is 0.0195. The summed E-state index contributed by atoms with van der Waals surface area (Å²) in [5, 5.41) is 11.8. The van der Waals surface area contributed by atoms with E-state index in [0.29, 0.717) is 17.4 Å². The third-order valence-electron chi connectivity index (χ3n) is 12.7. The van der Waals surface area contributed by atoms with E-state index in [1.807, 2.05) is 21.1 Å². The fourth-order valence-electron chi connectivity index (χ4n) is 8.16. The van der Waals surface area contributed by atoms with Crippen molar-refractivity contribution >= 4 is 17.9 Å². The van der Waals surface area contributed by atoms with E-state index in [0.717, 1.165) is 57.8 Å². The number of rotatable bonds is 54. The summed E-state index contributed by atoms with van der Waals surface area (Å²) in [4.78, 5) is 37.3. The first-order chi connectivity index (χ1) is 34.6. The molecule has 2 atom stereocenters. The van der Waals surface area contributed by atoms with E-state index in [9.17, 15) is 19.5 Å². The predicted molar refractivity (Wildman–Crippen MR) is 297 cm³/mol. The van der Waals surface area contributed by atoms with Crippen LogP contribution in [-0.2, 0) is 33.3 Å². The molecule has 0 bridgehead atoms. The lowest BCUT2D eigenvalue weighted by Crippen LogP contribution is -2.44. The molecular formula is C62H111NO8. The lowest BCUT2D eigenvalue weighted by Gasteiger charge is -2.26. The van der Waals surface area contributed by atoms with Crippen LogP contribution in [0.1, 0.15) is 258 Å². The summed E-state index contributed by atoms with van der Waals surface area (Å²) in [6, 6.07) is 0. The monoisotopic (exact) mass is 998 g/mol. The van der Waals surface area contributed by atoms with E-state index in [-0.39, 0.29) is 38.6 Å². The number of ether oxygens (including phenoxy) is 4. The van der Waals surface area contributed by atoms with E-state index >= 15 is 0 Å². The van der Waals surface area contributed by atoms with Gasteiger partial charge in [-0.05, 0) is 83.5 Å². The van der Waals surface area contributed by atoms with Crippen LogP contribution in [0.25, 0.3) is 0 Å². The van der Waals surface area contributed by atoms with Crippen LogP contribution in [0.3, 0.4) is 0 Å². The van der Waals surface area contributed by atoms with Crippen LogP contribution in [-0.4, -0.2) is 82.3 Å². The second kappa shape index (κ2) is 53.3. The summed E-state index contributed by atoms with van der Waals surface area (Å²) < 4.78 is 22.7. The topological polar surface area (TPSA) is 111 Å². The van der Waals surface area contributed by atoms with Crippen molar-refractivity contribution in [1.29, 1.82) is 0 Å². The zero-order valence-electron chi connectivity index (χ0n) is 46.8. The Kier molecular flexibility index (Phi) is 51.0. The SMILES string of the molecule is CCCCC/C=C\C/C=C\CCCCCCCCCCCC(=O)OCC(COC(OCC[N+](C)(C)C)C(=O)[O-])OC(=O)CCCCCCCCCCCCCC/C=C\C/C=C\C/C=C\CCCCCCC. The van der Waals surface area contributed by atoms with Gasteiger partial charge in [0, 0.05) is 12.8 Å². The van der Waals surface area contributed by atoms with Crippen LogP contribution in [0.5, 0.6) is 0 Å². The molecule has 0 aliphatic rings. The molecule has 9 heteroatoms. The maximum absolute atomic E-state index is 12.9. The van der Waals surface area contributed by atoms with Gasteiger partial charge in [-0.15, -0.1) is 0 Å². The molecule has 0 saturated heterocycles. The molecule has 0 saturated carbocycles. The molecule has 9 nitrogen and oxygen atoms in total. The number of allylic oxidation sites excluding steroid dienone is 10. The summed E-state index contributed by atoms with van der Waals surface area (Å²) in [5.41, 5.74) is 0. The van der Waals surface area contributed by atoms with Gasteiger partial charge in [0.15, 0.2) is 12.4 Å². The number of likely N-dealkylation sites (N-methyl/N-ethyl adjacent to an activating group) is 1. The van der Waals surface area contributed by atoms with Crippen molar-refractivity contribution in [2.45, 2.75) is 270 Å². The van der Waals surface area contributed by atoms with Crippen molar-refractivity contribution < 1.29 is 42.9 Å². The molecule has 0 spiro atoms. The van der Waals surface area contributed by atoms with Crippen LogP contribution < -0.4 is 5.11 Å². The Bertz CT molecular complexity index is 1350.